The van der Waals surface area contributed by atoms with Crippen LogP contribution in [0.4, 0.5) is 4.79 Å². The Labute approximate surface area is 232 Å². The van der Waals surface area contributed by atoms with Crippen molar-refractivity contribution < 1.29 is 52.9 Å². The van der Waals surface area contributed by atoms with Gasteiger partial charge in [-0.2, -0.15) is 9.78 Å². The Morgan fingerprint density at radius 1 is 0.550 bits per heavy atom. The Morgan fingerprint density at radius 3 is 1.27 bits per heavy atom. The maximum Gasteiger partial charge on any atom is 0.508 e. The molecule has 4 rings (SSSR count). The van der Waals surface area contributed by atoms with E-state index in [0.29, 0.717) is 62.9 Å². The van der Waals surface area contributed by atoms with Gasteiger partial charge < -0.3 is 18.9 Å². The van der Waals surface area contributed by atoms with Crippen molar-refractivity contribution in [1.29, 1.82) is 0 Å². The van der Waals surface area contributed by atoms with E-state index in [-0.39, 0.29) is 35.5 Å². The fourth-order valence-electron chi connectivity index (χ4n) is 4.73. The Hall–Kier alpha value is -3.83. The lowest BCUT2D eigenvalue weighted by atomic mass is 9.95. The van der Waals surface area contributed by atoms with Crippen LogP contribution in [0.2, 0.25) is 0 Å². The minimum atomic E-state index is -0.709. The molecule has 2 aromatic rings. The zero-order chi connectivity index (χ0) is 28.3. The molecular formula is C29H34O11. The number of hydrogen-bond acceptors (Lipinski definition) is 11. The van der Waals surface area contributed by atoms with E-state index in [2.05, 4.69) is 0 Å². The molecule has 2 aromatic carbocycles. The average Bonchev–Trinajstić information content (AvgIpc) is 3.00. The third-order valence-electron chi connectivity index (χ3n) is 6.94. The molecule has 0 atom stereocenters. The maximum atomic E-state index is 12.3. The van der Waals surface area contributed by atoms with Gasteiger partial charge in [0.05, 0.1) is 14.2 Å². The Balaban J connectivity index is 1.09. The molecule has 0 aromatic heterocycles. The summed E-state index contributed by atoms with van der Waals surface area (Å²) in [5, 5.41) is 0. The summed E-state index contributed by atoms with van der Waals surface area (Å²) in [7, 11) is 2.95. The van der Waals surface area contributed by atoms with Crippen LogP contribution in [0.1, 0.15) is 72.1 Å². The molecule has 0 spiro atoms. The molecule has 0 radical (unpaired) electrons. The fraction of sp³-hybridized carbons (Fsp3) is 0.483. The topological polar surface area (TPSA) is 125 Å². The van der Waals surface area contributed by atoms with Gasteiger partial charge in [-0.15, -0.1) is 0 Å². The highest BCUT2D eigenvalue weighted by molar-refractivity contribution is 5.92. The summed E-state index contributed by atoms with van der Waals surface area (Å²) in [6.45, 7) is 0. The zero-order valence-corrected chi connectivity index (χ0v) is 22.6. The molecule has 2 aliphatic rings. The molecule has 40 heavy (non-hydrogen) atoms. The summed E-state index contributed by atoms with van der Waals surface area (Å²) in [6, 6.07) is 13.5. The first-order valence-corrected chi connectivity index (χ1v) is 13.4. The third-order valence-corrected chi connectivity index (χ3v) is 6.94. The van der Waals surface area contributed by atoms with Crippen molar-refractivity contribution >= 4 is 18.1 Å². The maximum absolute atomic E-state index is 12.3. The molecule has 216 valence electrons. The van der Waals surface area contributed by atoms with Gasteiger partial charge in [0, 0.05) is 0 Å². The molecule has 0 unspecified atom stereocenters. The number of ether oxygens (including phenoxy) is 4. The highest BCUT2D eigenvalue weighted by Crippen LogP contribution is 2.28. The lowest BCUT2D eigenvalue weighted by Gasteiger charge is -2.29. The van der Waals surface area contributed by atoms with Gasteiger partial charge in [0.1, 0.15) is 47.0 Å². The van der Waals surface area contributed by atoms with Gasteiger partial charge in [-0.05, 0) is 75.6 Å². The molecule has 0 bridgehead atoms. The highest BCUT2D eigenvalue weighted by Gasteiger charge is 2.30. The lowest BCUT2D eigenvalue weighted by molar-refractivity contribution is -0.282. The van der Waals surface area contributed by atoms with Crippen molar-refractivity contribution in [2.24, 2.45) is 0 Å². The molecule has 11 nitrogen and oxygen atoms in total. The molecule has 2 aliphatic carbocycles. The molecular weight excluding hydrogens is 524 g/mol. The van der Waals surface area contributed by atoms with E-state index in [1.54, 1.807) is 48.5 Å². The van der Waals surface area contributed by atoms with Crippen molar-refractivity contribution in [3.63, 3.8) is 0 Å². The van der Waals surface area contributed by atoms with Crippen LogP contribution in [-0.2, 0) is 29.0 Å². The predicted octanol–water partition coefficient (Wildman–Crippen LogP) is 5.36. The second-order valence-corrected chi connectivity index (χ2v) is 9.62. The van der Waals surface area contributed by atoms with Crippen molar-refractivity contribution in [3.05, 3.63) is 59.7 Å². The van der Waals surface area contributed by atoms with Gasteiger partial charge in [-0.25, -0.2) is 14.4 Å². The smallest absolute Gasteiger partial charge is 0.496 e. The predicted molar refractivity (Wildman–Crippen MR) is 139 cm³/mol. The second-order valence-electron chi connectivity index (χ2n) is 9.62. The summed E-state index contributed by atoms with van der Waals surface area (Å²) < 4.78 is 21.3. The van der Waals surface area contributed by atoms with Gasteiger partial charge in [0.25, 0.3) is 0 Å². The number of rotatable bonds is 10. The second kappa shape index (κ2) is 14.5. The number of para-hydroxylation sites is 2. The summed E-state index contributed by atoms with van der Waals surface area (Å²) in [5.74, 6) is -0.455. The van der Waals surface area contributed by atoms with Gasteiger partial charge in [-0.1, -0.05) is 24.3 Å². The Morgan fingerprint density at radius 2 is 0.900 bits per heavy atom. The van der Waals surface area contributed by atoms with Crippen LogP contribution >= 0.6 is 0 Å². The molecule has 0 aliphatic heterocycles. The van der Waals surface area contributed by atoms with Crippen LogP contribution in [-0.4, -0.2) is 56.7 Å². The van der Waals surface area contributed by atoms with E-state index in [1.807, 2.05) is 0 Å². The van der Waals surface area contributed by atoms with Crippen LogP contribution in [0.15, 0.2) is 48.5 Å². The van der Waals surface area contributed by atoms with E-state index in [9.17, 15) is 14.4 Å². The van der Waals surface area contributed by atoms with Crippen molar-refractivity contribution in [3.8, 4) is 11.5 Å². The lowest BCUT2D eigenvalue weighted by Crippen LogP contribution is -2.32. The van der Waals surface area contributed by atoms with Crippen LogP contribution < -0.4 is 9.47 Å². The minimum absolute atomic E-state index is 0.277. The quantitative estimate of drug-likeness (QED) is 0.213. The van der Waals surface area contributed by atoms with Crippen molar-refractivity contribution in [2.75, 3.05) is 14.2 Å². The SMILES string of the molecule is COc1ccccc1C(=O)OOC1CCC(OC(=O)OC2CCC(OOC(=O)c3ccccc3OC)CC2)CC1. The van der Waals surface area contributed by atoms with E-state index in [1.165, 1.54) is 14.2 Å². The molecule has 11 heteroatoms. The minimum Gasteiger partial charge on any atom is -0.496 e. The summed E-state index contributed by atoms with van der Waals surface area (Å²) in [5.41, 5.74) is 0.554. The van der Waals surface area contributed by atoms with Crippen LogP contribution in [0.3, 0.4) is 0 Å². The molecule has 0 amide bonds. The largest absolute Gasteiger partial charge is 0.508 e. The monoisotopic (exact) mass is 558 g/mol. The summed E-state index contributed by atoms with van der Waals surface area (Å²) in [6.07, 6.45) is 2.60. The van der Waals surface area contributed by atoms with Crippen LogP contribution in [0.5, 0.6) is 11.5 Å². The van der Waals surface area contributed by atoms with Crippen molar-refractivity contribution in [1.82, 2.24) is 0 Å². The average molecular weight is 559 g/mol. The first-order chi connectivity index (χ1) is 19.5. The third kappa shape index (κ3) is 8.09. The standard InChI is InChI=1S/C29H34O11/c1-33-25-9-5-3-7-23(25)27(30)39-37-21-15-11-19(12-16-21)35-29(32)36-20-13-17-22(18-14-20)38-40-28(31)24-8-4-6-10-26(24)34-2/h3-10,19-22H,11-18H2,1-2H3. The van der Waals surface area contributed by atoms with E-state index < -0.39 is 18.1 Å². The fourth-order valence-corrected chi connectivity index (χ4v) is 4.73. The Bertz CT molecular complexity index is 1050. The van der Waals surface area contributed by atoms with E-state index in [4.69, 9.17) is 38.5 Å². The van der Waals surface area contributed by atoms with Crippen LogP contribution in [0, 0.1) is 0 Å². The normalized spacial score (nSPS) is 22.4. The first-order valence-electron chi connectivity index (χ1n) is 13.4. The molecule has 2 fully saturated rings. The molecule has 0 saturated heterocycles. The molecule has 2 saturated carbocycles. The van der Waals surface area contributed by atoms with E-state index in [0.717, 1.165) is 0 Å². The number of carbonyl (C=O) groups is 3. The zero-order valence-electron chi connectivity index (χ0n) is 22.6. The van der Waals surface area contributed by atoms with Gasteiger partial charge in [-0.3, -0.25) is 9.78 Å². The van der Waals surface area contributed by atoms with Crippen LogP contribution in [0.25, 0.3) is 0 Å². The van der Waals surface area contributed by atoms with Gasteiger partial charge >= 0.3 is 18.1 Å². The highest BCUT2D eigenvalue weighted by atomic mass is 17.2. The van der Waals surface area contributed by atoms with E-state index >= 15 is 0 Å². The van der Waals surface area contributed by atoms with Gasteiger partial charge in [0.15, 0.2) is 0 Å². The van der Waals surface area contributed by atoms with Crippen molar-refractivity contribution in [2.45, 2.75) is 75.8 Å². The first kappa shape index (κ1) is 29.2. The van der Waals surface area contributed by atoms with Gasteiger partial charge in [0.2, 0.25) is 0 Å². The Kier molecular flexibility index (Phi) is 10.6. The molecule has 0 heterocycles. The number of benzene rings is 2. The number of carbonyl (C=O) groups excluding carboxylic acids is 3. The summed E-state index contributed by atoms with van der Waals surface area (Å²) in [4.78, 5) is 57.6. The molecule has 0 N–H and O–H groups in total. The summed E-state index contributed by atoms with van der Waals surface area (Å²) >= 11 is 0. The number of methoxy groups -OCH3 is 2. The number of hydrogen-bond donors (Lipinski definition) is 0.